The second-order valence-electron chi connectivity index (χ2n) is 8.98. The SMILES string of the molecule is CCOc1cccc(CN2[C@@H](CO)[C@@H](N)[C@H](c3cccc(Cl)c3)[C@]23C(=O)Nc2cc(Cl)ccc23)c1. The van der Waals surface area contributed by atoms with E-state index in [1.165, 1.54) is 0 Å². The summed E-state index contributed by atoms with van der Waals surface area (Å²) in [6.45, 7) is 2.66. The number of carbonyl (C=O) groups is 1. The largest absolute Gasteiger partial charge is 0.494 e. The van der Waals surface area contributed by atoms with Crippen LogP contribution < -0.4 is 15.8 Å². The lowest BCUT2D eigenvalue weighted by molar-refractivity contribution is -0.128. The standard InChI is InChI=1S/C27H27Cl2N3O3/c1-2-35-20-8-3-5-16(11-20)14-32-23(15-33)25(30)24(17-6-4-7-18(28)12-17)27(32)21-10-9-19(29)13-22(21)31-26(27)34/h3-13,23-25,33H,2,14-15,30H2,1H3,(H,31,34)/t23-,24-,25+,27+/m0/s1. The van der Waals surface area contributed by atoms with Crippen molar-refractivity contribution in [1.29, 1.82) is 0 Å². The molecule has 35 heavy (non-hydrogen) atoms. The average molecular weight is 512 g/mol. The van der Waals surface area contributed by atoms with Crippen LogP contribution in [-0.2, 0) is 16.9 Å². The van der Waals surface area contributed by atoms with Crippen molar-refractivity contribution in [2.45, 2.75) is 37.0 Å². The predicted molar refractivity (Wildman–Crippen MR) is 138 cm³/mol. The van der Waals surface area contributed by atoms with Crippen LogP contribution in [0.3, 0.4) is 0 Å². The zero-order valence-electron chi connectivity index (χ0n) is 19.2. The van der Waals surface area contributed by atoms with Gasteiger partial charge in [-0.15, -0.1) is 0 Å². The lowest BCUT2D eigenvalue weighted by atomic mass is 9.74. The number of aliphatic hydroxyl groups excluding tert-OH is 1. The number of hydrogen-bond donors (Lipinski definition) is 3. The highest BCUT2D eigenvalue weighted by molar-refractivity contribution is 6.31. The number of nitrogens with two attached hydrogens (primary N) is 1. The van der Waals surface area contributed by atoms with Gasteiger partial charge in [0.05, 0.1) is 19.3 Å². The van der Waals surface area contributed by atoms with Crippen LogP contribution in [0, 0.1) is 0 Å². The average Bonchev–Trinajstić information content (AvgIpc) is 3.24. The minimum absolute atomic E-state index is 0.202. The number of likely N-dealkylation sites (tertiary alicyclic amines) is 1. The van der Waals surface area contributed by atoms with Crippen LogP contribution in [0.2, 0.25) is 10.0 Å². The molecule has 0 aromatic heterocycles. The van der Waals surface area contributed by atoms with Crippen LogP contribution in [0.25, 0.3) is 0 Å². The Kier molecular flexibility index (Phi) is 6.51. The molecule has 3 aromatic rings. The first-order chi connectivity index (χ1) is 16.9. The second-order valence-corrected chi connectivity index (χ2v) is 9.85. The molecule has 0 unspecified atom stereocenters. The quantitative estimate of drug-likeness (QED) is 0.452. The number of carbonyl (C=O) groups excluding carboxylic acids is 1. The van der Waals surface area contributed by atoms with Gasteiger partial charge in [0.2, 0.25) is 5.91 Å². The summed E-state index contributed by atoms with van der Waals surface area (Å²) in [6, 6.07) is 19.6. The van der Waals surface area contributed by atoms with Gasteiger partial charge in [-0.1, -0.05) is 53.5 Å². The fraction of sp³-hybridized carbons (Fsp3) is 0.296. The first kappa shape index (κ1) is 24.1. The number of benzene rings is 3. The number of hydrogen-bond acceptors (Lipinski definition) is 5. The number of ether oxygens (including phenoxy) is 1. The monoisotopic (exact) mass is 511 g/mol. The molecule has 2 aliphatic heterocycles. The van der Waals surface area contributed by atoms with Gasteiger partial charge in [-0.2, -0.15) is 0 Å². The van der Waals surface area contributed by atoms with Gasteiger partial charge < -0.3 is 20.9 Å². The highest BCUT2D eigenvalue weighted by Crippen LogP contribution is 2.57. The van der Waals surface area contributed by atoms with Crippen molar-refractivity contribution in [1.82, 2.24) is 4.90 Å². The highest BCUT2D eigenvalue weighted by atomic mass is 35.5. The Hall–Kier alpha value is -2.61. The molecule has 0 radical (unpaired) electrons. The fourth-order valence-corrected chi connectivity index (χ4v) is 6.13. The fourth-order valence-electron chi connectivity index (χ4n) is 5.76. The first-order valence-electron chi connectivity index (χ1n) is 11.6. The molecule has 1 saturated heterocycles. The number of aliphatic hydroxyl groups is 1. The molecule has 0 saturated carbocycles. The van der Waals surface area contributed by atoms with Crippen molar-refractivity contribution in [2.75, 3.05) is 18.5 Å². The summed E-state index contributed by atoms with van der Waals surface area (Å²) in [5.74, 6) is 0.0838. The van der Waals surface area contributed by atoms with Gasteiger partial charge in [-0.25, -0.2) is 0 Å². The van der Waals surface area contributed by atoms with E-state index in [4.69, 9.17) is 33.7 Å². The molecule has 182 valence electrons. The topological polar surface area (TPSA) is 87.8 Å². The molecular formula is C27H27Cl2N3O3. The third kappa shape index (κ3) is 3.90. The van der Waals surface area contributed by atoms with E-state index >= 15 is 0 Å². The number of anilines is 1. The summed E-state index contributed by atoms with van der Waals surface area (Å²) in [6.07, 6.45) is 0. The van der Waals surface area contributed by atoms with E-state index in [2.05, 4.69) is 5.32 Å². The summed E-state index contributed by atoms with van der Waals surface area (Å²) in [5, 5.41) is 14.7. The maximum Gasteiger partial charge on any atom is 0.250 e. The summed E-state index contributed by atoms with van der Waals surface area (Å²) >= 11 is 12.6. The van der Waals surface area contributed by atoms with Gasteiger partial charge >= 0.3 is 0 Å². The van der Waals surface area contributed by atoms with E-state index in [-0.39, 0.29) is 12.5 Å². The van der Waals surface area contributed by atoms with Crippen molar-refractivity contribution in [3.05, 3.63) is 93.5 Å². The minimum Gasteiger partial charge on any atom is -0.494 e. The van der Waals surface area contributed by atoms with Crippen LogP contribution in [0.4, 0.5) is 5.69 Å². The third-order valence-corrected chi connectivity index (χ3v) is 7.55. The van der Waals surface area contributed by atoms with Gasteiger partial charge in [0.25, 0.3) is 0 Å². The molecule has 2 aliphatic rings. The molecule has 1 fully saturated rings. The van der Waals surface area contributed by atoms with Gasteiger partial charge in [0.15, 0.2) is 0 Å². The second kappa shape index (κ2) is 9.45. The van der Waals surface area contributed by atoms with Crippen molar-refractivity contribution in [2.24, 2.45) is 5.73 Å². The molecule has 1 spiro atoms. The molecule has 4 N–H and O–H groups in total. The van der Waals surface area contributed by atoms with E-state index in [1.54, 1.807) is 18.2 Å². The Bertz CT molecular complexity index is 1270. The van der Waals surface area contributed by atoms with Gasteiger partial charge in [-0.05, 0) is 54.4 Å². The smallest absolute Gasteiger partial charge is 0.250 e. The summed E-state index contributed by atoms with van der Waals surface area (Å²) in [7, 11) is 0. The molecule has 6 nitrogen and oxygen atoms in total. The van der Waals surface area contributed by atoms with E-state index in [0.717, 1.165) is 22.4 Å². The van der Waals surface area contributed by atoms with E-state index in [9.17, 15) is 9.90 Å². The van der Waals surface area contributed by atoms with Gasteiger partial charge in [-0.3, -0.25) is 9.69 Å². The molecule has 0 bridgehead atoms. The number of amides is 1. The Labute approximate surface area is 214 Å². The molecule has 5 rings (SSSR count). The lowest BCUT2D eigenvalue weighted by Crippen LogP contribution is -2.52. The van der Waals surface area contributed by atoms with E-state index in [1.807, 2.05) is 60.4 Å². The molecule has 0 aliphatic carbocycles. The molecule has 2 heterocycles. The Balaban J connectivity index is 1.72. The number of nitrogens with zero attached hydrogens (tertiary/aromatic N) is 1. The number of rotatable bonds is 6. The summed E-state index contributed by atoms with van der Waals surface area (Å²) in [5.41, 5.74) is 8.91. The van der Waals surface area contributed by atoms with Crippen LogP contribution >= 0.6 is 23.2 Å². The predicted octanol–water partition coefficient (Wildman–Crippen LogP) is 4.53. The maximum atomic E-state index is 14.0. The Morgan fingerprint density at radius 1 is 1.09 bits per heavy atom. The number of nitrogens with one attached hydrogen (secondary N) is 1. The molecule has 3 aromatic carbocycles. The maximum absolute atomic E-state index is 14.0. The summed E-state index contributed by atoms with van der Waals surface area (Å²) < 4.78 is 5.70. The molecule has 4 atom stereocenters. The van der Waals surface area contributed by atoms with Crippen LogP contribution in [0.15, 0.2) is 66.7 Å². The van der Waals surface area contributed by atoms with Crippen molar-refractivity contribution in [3.63, 3.8) is 0 Å². The highest BCUT2D eigenvalue weighted by Gasteiger charge is 2.65. The van der Waals surface area contributed by atoms with Crippen LogP contribution in [0.5, 0.6) is 5.75 Å². The Morgan fingerprint density at radius 2 is 1.86 bits per heavy atom. The number of fused-ring (bicyclic) bond motifs is 2. The van der Waals surface area contributed by atoms with Crippen molar-refractivity contribution in [3.8, 4) is 5.75 Å². The lowest BCUT2D eigenvalue weighted by Gasteiger charge is -2.39. The third-order valence-electron chi connectivity index (χ3n) is 7.08. The molecule has 1 amide bonds. The zero-order valence-corrected chi connectivity index (χ0v) is 20.8. The van der Waals surface area contributed by atoms with Gasteiger partial charge in [0.1, 0.15) is 11.3 Å². The van der Waals surface area contributed by atoms with Crippen LogP contribution in [-0.4, -0.2) is 41.2 Å². The molecule has 8 heteroatoms. The minimum atomic E-state index is -1.17. The van der Waals surface area contributed by atoms with E-state index < -0.39 is 23.5 Å². The normalized spacial score (nSPS) is 25.6. The number of halogens is 2. The zero-order chi connectivity index (χ0) is 24.7. The van der Waals surface area contributed by atoms with E-state index in [0.29, 0.717) is 28.9 Å². The molecular weight excluding hydrogens is 485 g/mol. The van der Waals surface area contributed by atoms with Crippen molar-refractivity contribution >= 4 is 34.8 Å². The van der Waals surface area contributed by atoms with Gasteiger partial charge in [0, 0.05) is 39.8 Å². The van der Waals surface area contributed by atoms with Crippen molar-refractivity contribution < 1.29 is 14.6 Å². The summed E-state index contributed by atoms with van der Waals surface area (Å²) in [4.78, 5) is 16.1. The van der Waals surface area contributed by atoms with Crippen LogP contribution in [0.1, 0.15) is 29.5 Å². The Morgan fingerprint density at radius 3 is 2.60 bits per heavy atom. The first-order valence-corrected chi connectivity index (χ1v) is 12.4.